The SMILES string of the molecule is CCCCCC(C)(O)CCCN(C#N)CCCCCCC(=O)O. The van der Waals surface area contributed by atoms with Crippen LogP contribution in [0.5, 0.6) is 0 Å². The van der Waals surface area contributed by atoms with E-state index in [4.69, 9.17) is 10.4 Å². The number of carbonyl (C=O) groups is 1. The Hall–Kier alpha value is -1.28. The van der Waals surface area contributed by atoms with Crippen molar-refractivity contribution in [2.45, 2.75) is 90.1 Å². The van der Waals surface area contributed by atoms with Crippen molar-refractivity contribution in [3.8, 4) is 6.19 Å². The van der Waals surface area contributed by atoms with Gasteiger partial charge in [0, 0.05) is 19.5 Å². The van der Waals surface area contributed by atoms with Crippen LogP contribution < -0.4 is 0 Å². The minimum Gasteiger partial charge on any atom is -0.481 e. The Morgan fingerprint density at radius 1 is 1.04 bits per heavy atom. The number of nitrogens with zero attached hydrogens (tertiary/aromatic N) is 2. The minimum absolute atomic E-state index is 0.231. The predicted octanol–water partition coefficient (Wildman–Crippen LogP) is 3.92. The zero-order valence-corrected chi connectivity index (χ0v) is 14.9. The first kappa shape index (κ1) is 21.7. The molecule has 0 aromatic heterocycles. The fourth-order valence-electron chi connectivity index (χ4n) is 2.68. The predicted molar refractivity (Wildman–Crippen MR) is 91.9 cm³/mol. The van der Waals surface area contributed by atoms with E-state index in [1.807, 2.05) is 6.92 Å². The molecule has 0 saturated heterocycles. The first-order chi connectivity index (χ1) is 10.9. The Kier molecular flexibility index (Phi) is 12.5. The summed E-state index contributed by atoms with van der Waals surface area (Å²) in [4.78, 5) is 12.1. The molecule has 2 N–H and O–H groups in total. The number of aliphatic carboxylic acids is 1. The third-order valence-electron chi connectivity index (χ3n) is 4.17. The average Bonchev–Trinajstić information content (AvgIpc) is 2.48. The van der Waals surface area contributed by atoms with Crippen molar-refractivity contribution in [3.05, 3.63) is 0 Å². The Morgan fingerprint density at radius 3 is 2.26 bits per heavy atom. The van der Waals surface area contributed by atoms with Gasteiger partial charge in [-0.3, -0.25) is 4.79 Å². The second kappa shape index (κ2) is 13.2. The summed E-state index contributed by atoms with van der Waals surface area (Å²) in [5.41, 5.74) is -0.618. The monoisotopic (exact) mass is 326 g/mol. The minimum atomic E-state index is -0.741. The standard InChI is InChI=1S/C18H34N2O3/c1-3-4-8-12-18(2,23)13-10-15-20(16-19)14-9-6-5-7-11-17(21)22/h23H,3-15H2,1-2H3,(H,21,22). The molecular formula is C18H34N2O3. The van der Waals surface area contributed by atoms with Gasteiger partial charge in [0.2, 0.25) is 0 Å². The van der Waals surface area contributed by atoms with Gasteiger partial charge in [-0.25, -0.2) is 0 Å². The van der Waals surface area contributed by atoms with Crippen molar-refractivity contribution in [3.63, 3.8) is 0 Å². The molecule has 0 saturated carbocycles. The van der Waals surface area contributed by atoms with Crippen LogP contribution in [0.25, 0.3) is 0 Å². The lowest BCUT2D eigenvalue weighted by Gasteiger charge is -2.24. The molecule has 0 aliphatic carbocycles. The number of aliphatic hydroxyl groups is 1. The molecular weight excluding hydrogens is 292 g/mol. The molecule has 0 rings (SSSR count). The molecule has 0 aromatic rings. The molecule has 0 aliphatic heterocycles. The molecule has 0 radical (unpaired) electrons. The Labute approximate surface area is 141 Å². The van der Waals surface area contributed by atoms with Gasteiger partial charge < -0.3 is 15.1 Å². The Morgan fingerprint density at radius 2 is 1.65 bits per heavy atom. The van der Waals surface area contributed by atoms with Crippen LogP contribution >= 0.6 is 0 Å². The van der Waals surface area contributed by atoms with E-state index in [0.29, 0.717) is 13.0 Å². The van der Waals surface area contributed by atoms with Crippen molar-refractivity contribution in [2.24, 2.45) is 0 Å². The smallest absolute Gasteiger partial charge is 0.303 e. The summed E-state index contributed by atoms with van der Waals surface area (Å²) >= 11 is 0. The van der Waals surface area contributed by atoms with Gasteiger partial charge in [-0.05, 0) is 39.0 Å². The van der Waals surface area contributed by atoms with Gasteiger partial charge in [-0.1, -0.05) is 39.0 Å². The van der Waals surface area contributed by atoms with Crippen molar-refractivity contribution < 1.29 is 15.0 Å². The fraction of sp³-hybridized carbons (Fsp3) is 0.889. The van der Waals surface area contributed by atoms with E-state index < -0.39 is 11.6 Å². The van der Waals surface area contributed by atoms with Gasteiger partial charge >= 0.3 is 5.97 Å². The van der Waals surface area contributed by atoms with Crippen LogP contribution in [0.1, 0.15) is 84.5 Å². The van der Waals surface area contributed by atoms with Gasteiger partial charge in [0.1, 0.15) is 0 Å². The second-order valence-corrected chi connectivity index (χ2v) is 6.70. The number of carboxylic acids is 1. The maximum absolute atomic E-state index is 10.4. The maximum atomic E-state index is 10.4. The molecule has 5 nitrogen and oxygen atoms in total. The van der Waals surface area contributed by atoms with E-state index >= 15 is 0 Å². The topological polar surface area (TPSA) is 84.6 Å². The third kappa shape index (κ3) is 14.1. The molecule has 0 aliphatic rings. The number of unbranched alkanes of at least 4 members (excludes halogenated alkanes) is 5. The van der Waals surface area contributed by atoms with Gasteiger partial charge in [0.15, 0.2) is 6.19 Å². The lowest BCUT2D eigenvalue weighted by Crippen LogP contribution is -2.27. The third-order valence-corrected chi connectivity index (χ3v) is 4.17. The van der Waals surface area contributed by atoms with E-state index in [9.17, 15) is 9.90 Å². The summed E-state index contributed by atoms with van der Waals surface area (Å²) < 4.78 is 0. The lowest BCUT2D eigenvalue weighted by molar-refractivity contribution is -0.137. The van der Waals surface area contributed by atoms with Crippen LogP contribution in [0.3, 0.4) is 0 Å². The van der Waals surface area contributed by atoms with Crippen LogP contribution in [-0.4, -0.2) is 39.8 Å². The van der Waals surface area contributed by atoms with E-state index in [1.54, 1.807) is 4.90 Å². The number of nitriles is 1. The highest BCUT2D eigenvalue weighted by Gasteiger charge is 2.19. The van der Waals surface area contributed by atoms with Crippen LogP contribution in [-0.2, 0) is 4.79 Å². The van der Waals surface area contributed by atoms with Gasteiger partial charge in [-0.15, -0.1) is 0 Å². The van der Waals surface area contributed by atoms with E-state index in [0.717, 1.165) is 64.3 Å². The largest absolute Gasteiger partial charge is 0.481 e. The van der Waals surface area contributed by atoms with E-state index in [-0.39, 0.29) is 6.42 Å². The highest BCUT2D eigenvalue weighted by molar-refractivity contribution is 5.66. The molecule has 0 fully saturated rings. The summed E-state index contributed by atoms with van der Waals surface area (Å²) in [6.45, 7) is 5.46. The summed E-state index contributed by atoms with van der Waals surface area (Å²) in [5, 5.41) is 28.0. The van der Waals surface area contributed by atoms with Gasteiger partial charge in [-0.2, -0.15) is 5.26 Å². The van der Waals surface area contributed by atoms with Crippen molar-refractivity contribution in [1.29, 1.82) is 5.26 Å². The van der Waals surface area contributed by atoms with Crippen molar-refractivity contribution in [2.75, 3.05) is 13.1 Å². The van der Waals surface area contributed by atoms with Crippen LogP contribution in [0.15, 0.2) is 0 Å². The molecule has 1 atom stereocenters. The molecule has 1 unspecified atom stereocenters. The number of hydrogen-bond acceptors (Lipinski definition) is 4. The zero-order chi connectivity index (χ0) is 17.6. The molecule has 0 heterocycles. The molecule has 134 valence electrons. The summed E-state index contributed by atoms with van der Waals surface area (Å²) in [6.07, 6.45) is 11.7. The van der Waals surface area contributed by atoms with E-state index in [2.05, 4.69) is 13.1 Å². The number of hydrogen-bond donors (Lipinski definition) is 2. The summed E-state index contributed by atoms with van der Waals surface area (Å²) in [7, 11) is 0. The molecule has 0 amide bonds. The Bertz CT molecular complexity index is 351. The van der Waals surface area contributed by atoms with Gasteiger partial charge in [0.25, 0.3) is 0 Å². The molecule has 0 spiro atoms. The molecule has 23 heavy (non-hydrogen) atoms. The molecule has 0 aromatic carbocycles. The first-order valence-corrected chi connectivity index (χ1v) is 9.00. The quantitative estimate of drug-likeness (QED) is 0.271. The normalized spacial score (nSPS) is 13.3. The number of carboxylic acid groups (broad SMARTS) is 1. The van der Waals surface area contributed by atoms with Gasteiger partial charge in [0.05, 0.1) is 5.60 Å². The van der Waals surface area contributed by atoms with Crippen LogP contribution in [0.4, 0.5) is 0 Å². The summed E-state index contributed by atoms with van der Waals surface area (Å²) in [6, 6.07) is 0. The van der Waals surface area contributed by atoms with Crippen molar-refractivity contribution in [1.82, 2.24) is 4.90 Å². The fourth-order valence-corrected chi connectivity index (χ4v) is 2.68. The number of rotatable bonds is 15. The first-order valence-electron chi connectivity index (χ1n) is 9.00. The summed E-state index contributed by atoms with van der Waals surface area (Å²) in [5.74, 6) is -0.741. The highest BCUT2D eigenvalue weighted by atomic mass is 16.4. The van der Waals surface area contributed by atoms with Crippen LogP contribution in [0.2, 0.25) is 0 Å². The zero-order valence-electron chi connectivity index (χ0n) is 14.9. The van der Waals surface area contributed by atoms with Crippen molar-refractivity contribution >= 4 is 5.97 Å². The Balaban J connectivity index is 3.72. The average molecular weight is 326 g/mol. The maximum Gasteiger partial charge on any atom is 0.303 e. The lowest BCUT2D eigenvalue weighted by atomic mass is 9.93. The van der Waals surface area contributed by atoms with Crippen LogP contribution in [0, 0.1) is 11.5 Å². The highest BCUT2D eigenvalue weighted by Crippen LogP contribution is 2.20. The second-order valence-electron chi connectivity index (χ2n) is 6.70. The molecule has 0 bridgehead atoms. The molecule has 5 heteroatoms. The van der Waals surface area contributed by atoms with E-state index in [1.165, 1.54) is 0 Å².